The fourth-order valence-electron chi connectivity index (χ4n) is 3.84. The summed E-state index contributed by atoms with van der Waals surface area (Å²) in [5.74, 6) is 0.762. The van der Waals surface area contributed by atoms with Crippen LogP contribution >= 0.6 is 0 Å². The molecule has 0 aliphatic heterocycles. The van der Waals surface area contributed by atoms with Gasteiger partial charge in [-0.1, -0.05) is 27.7 Å². The summed E-state index contributed by atoms with van der Waals surface area (Å²) < 4.78 is 12.1. The van der Waals surface area contributed by atoms with Crippen molar-refractivity contribution in [3.05, 3.63) is 0 Å². The average Bonchev–Trinajstić information content (AvgIpc) is 2.26. The number of nitrogens with two attached hydrogens (primary N) is 1. The van der Waals surface area contributed by atoms with Crippen molar-refractivity contribution in [2.24, 2.45) is 17.1 Å². The van der Waals surface area contributed by atoms with Crippen molar-refractivity contribution in [2.45, 2.75) is 84.2 Å². The Bertz CT molecular complexity index is 292. The molecule has 0 saturated heterocycles. The van der Waals surface area contributed by atoms with Crippen molar-refractivity contribution >= 4 is 0 Å². The standard InChI is InChI=1S/C16H31NO2/c1-5-6-18-15-13(17)8-14(15)19-12-7-11(2)9-16(3,4)10-12/h11-15H,5-10,17H2,1-4H3. The summed E-state index contributed by atoms with van der Waals surface area (Å²) in [7, 11) is 0. The highest BCUT2D eigenvalue weighted by Crippen LogP contribution is 2.41. The Morgan fingerprint density at radius 2 is 1.95 bits per heavy atom. The van der Waals surface area contributed by atoms with Gasteiger partial charge in [-0.15, -0.1) is 0 Å². The van der Waals surface area contributed by atoms with Gasteiger partial charge in [-0.2, -0.15) is 0 Å². The van der Waals surface area contributed by atoms with E-state index in [1.54, 1.807) is 0 Å². The maximum atomic E-state index is 6.31. The van der Waals surface area contributed by atoms with Crippen LogP contribution in [0.1, 0.15) is 59.8 Å². The summed E-state index contributed by atoms with van der Waals surface area (Å²) in [6, 6.07) is 0.172. The number of hydrogen-bond donors (Lipinski definition) is 1. The molecule has 2 aliphatic carbocycles. The molecule has 0 bridgehead atoms. The molecule has 2 aliphatic rings. The SMILES string of the molecule is CCCOC1C(N)CC1OC1CC(C)CC(C)(C)C1. The molecule has 0 aromatic heterocycles. The van der Waals surface area contributed by atoms with E-state index in [-0.39, 0.29) is 18.2 Å². The van der Waals surface area contributed by atoms with E-state index in [1.807, 2.05) is 0 Å². The van der Waals surface area contributed by atoms with Gasteiger partial charge in [0.25, 0.3) is 0 Å². The number of ether oxygens (including phenoxy) is 2. The molecule has 0 spiro atoms. The molecular formula is C16H31NO2. The Kier molecular flexibility index (Phi) is 4.91. The van der Waals surface area contributed by atoms with Crippen molar-refractivity contribution in [1.82, 2.24) is 0 Å². The molecule has 0 aromatic carbocycles. The Hall–Kier alpha value is -0.120. The molecule has 0 amide bonds. The Morgan fingerprint density at radius 1 is 1.21 bits per heavy atom. The first-order valence-electron chi connectivity index (χ1n) is 7.94. The van der Waals surface area contributed by atoms with Crippen molar-refractivity contribution < 1.29 is 9.47 Å². The lowest BCUT2D eigenvalue weighted by molar-refractivity contribution is -0.175. The molecule has 2 N–H and O–H groups in total. The van der Waals surface area contributed by atoms with Crippen LogP contribution in [0.25, 0.3) is 0 Å². The first-order valence-corrected chi connectivity index (χ1v) is 7.94. The van der Waals surface area contributed by atoms with Crippen LogP contribution in [0.2, 0.25) is 0 Å². The predicted molar refractivity (Wildman–Crippen MR) is 78.1 cm³/mol. The van der Waals surface area contributed by atoms with Gasteiger partial charge in [-0.25, -0.2) is 0 Å². The monoisotopic (exact) mass is 269 g/mol. The third-order valence-electron chi connectivity index (χ3n) is 4.52. The van der Waals surface area contributed by atoms with Gasteiger partial charge in [0.1, 0.15) is 0 Å². The van der Waals surface area contributed by atoms with Crippen LogP contribution in [-0.4, -0.2) is 31.0 Å². The zero-order valence-corrected chi connectivity index (χ0v) is 13.0. The number of rotatable bonds is 5. The molecule has 2 rings (SSSR count). The minimum Gasteiger partial charge on any atom is -0.374 e. The highest BCUT2D eigenvalue weighted by atomic mass is 16.6. The van der Waals surface area contributed by atoms with Gasteiger partial charge in [-0.05, 0) is 43.4 Å². The molecule has 19 heavy (non-hydrogen) atoms. The molecule has 2 fully saturated rings. The van der Waals surface area contributed by atoms with Crippen LogP contribution in [0.15, 0.2) is 0 Å². The molecule has 5 unspecified atom stereocenters. The van der Waals surface area contributed by atoms with Crippen LogP contribution in [-0.2, 0) is 9.47 Å². The van der Waals surface area contributed by atoms with Crippen molar-refractivity contribution in [1.29, 1.82) is 0 Å². The predicted octanol–water partition coefficient (Wildman–Crippen LogP) is 3.11. The van der Waals surface area contributed by atoms with E-state index < -0.39 is 0 Å². The summed E-state index contributed by atoms with van der Waals surface area (Å²) in [6.07, 6.45) is 6.42. The van der Waals surface area contributed by atoms with Gasteiger partial charge in [0.2, 0.25) is 0 Å². The van der Waals surface area contributed by atoms with E-state index in [0.717, 1.165) is 25.4 Å². The van der Waals surface area contributed by atoms with Crippen LogP contribution in [0.5, 0.6) is 0 Å². The average molecular weight is 269 g/mol. The minimum absolute atomic E-state index is 0.125. The maximum absolute atomic E-state index is 6.31. The van der Waals surface area contributed by atoms with Crippen LogP contribution in [0.4, 0.5) is 0 Å². The van der Waals surface area contributed by atoms with E-state index in [2.05, 4.69) is 27.7 Å². The Balaban J connectivity index is 1.83. The quantitative estimate of drug-likeness (QED) is 0.834. The highest BCUT2D eigenvalue weighted by molar-refractivity contribution is 4.96. The normalized spacial score (nSPS) is 41.8. The lowest BCUT2D eigenvalue weighted by atomic mass is 9.71. The molecule has 0 aromatic rings. The molecule has 0 radical (unpaired) electrons. The molecule has 3 nitrogen and oxygen atoms in total. The van der Waals surface area contributed by atoms with Gasteiger partial charge >= 0.3 is 0 Å². The van der Waals surface area contributed by atoms with Crippen molar-refractivity contribution in [3.8, 4) is 0 Å². The fourth-order valence-corrected chi connectivity index (χ4v) is 3.84. The molecule has 0 heterocycles. The molecule has 112 valence electrons. The lowest BCUT2D eigenvalue weighted by Crippen LogP contribution is -2.59. The number of hydrogen-bond acceptors (Lipinski definition) is 3. The topological polar surface area (TPSA) is 44.5 Å². The second-order valence-corrected chi connectivity index (χ2v) is 7.44. The molecular weight excluding hydrogens is 238 g/mol. The van der Waals surface area contributed by atoms with E-state index >= 15 is 0 Å². The van der Waals surface area contributed by atoms with Crippen molar-refractivity contribution in [2.75, 3.05) is 6.61 Å². The second-order valence-electron chi connectivity index (χ2n) is 7.44. The van der Waals surface area contributed by atoms with Gasteiger partial charge in [-0.3, -0.25) is 0 Å². The summed E-state index contributed by atoms with van der Waals surface area (Å²) in [5.41, 5.74) is 6.45. The maximum Gasteiger partial charge on any atom is 0.0988 e. The van der Waals surface area contributed by atoms with Crippen LogP contribution in [0, 0.1) is 11.3 Å². The van der Waals surface area contributed by atoms with E-state index in [1.165, 1.54) is 19.3 Å². The summed E-state index contributed by atoms with van der Waals surface area (Å²) in [4.78, 5) is 0. The van der Waals surface area contributed by atoms with Crippen LogP contribution < -0.4 is 5.73 Å². The van der Waals surface area contributed by atoms with Crippen LogP contribution in [0.3, 0.4) is 0 Å². The molecule has 3 heteroatoms. The van der Waals surface area contributed by atoms with Gasteiger partial charge in [0.15, 0.2) is 0 Å². The molecule has 5 atom stereocenters. The third-order valence-corrected chi connectivity index (χ3v) is 4.52. The first kappa shape index (κ1) is 15.3. The first-order chi connectivity index (χ1) is 8.91. The highest BCUT2D eigenvalue weighted by Gasteiger charge is 2.43. The summed E-state index contributed by atoms with van der Waals surface area (Å²) in [6.45, 7) is 9.98. The van der Waals surface area contributed by atoms with E-state index in [4.69, 9.17) is 15.2 Å². The van der Waals surface area contributed by atoms with Crippen molar-refractivity contribution in [3.63, 3.8) is 0 Å². The second kappa shape index (κ2) is 6.11. The molecule has 2 saturated carbocycles. The van der Waals surface area contributed by atoms with E-state index in [9.17, 15) is 0 Å². The smallest absolute Gasteiger partial charge is 0.0988 e. The Morgan fingerprint density at radius 3 is 2.53 bits per heavy atom. The zero-order chi connectivity index (χ0) is 14.0. The van der Waals surface area contributed by atoms with Gasteiger partial charge < -0.3 is 15.2 Å². The third kappa shape index (κ3) is 3.93. The summed E-state index contributed by atoms with van der Waals surface area (Å²) >= 11 is 0. The largest absolute Gasteiger partial charge is 0.374 e. The fraction of sp³-hybridized carbons (Fsp3) is 1.00. The summed E-state index contributed by atoms with van der Waals surface area (Å²) in [5, 5.41) is 0. The Labute approximate surface area is 118 Å². The van der Waals surface area contributed by atoms with Gasteiger partial charge in [0.05, 0.1) is 18.3 Å². The van der Waals surface area contributed by atoms with E-state index in [0.29, 0.717) is 11.5 Å². The lowest BCUT2D eigenvalue weighted by Gasteiger charge is -2.46. The zero-order valence-electron chi connectivity index (χ0n) is 13.0. The minimum atomic E-state index is 0.125. The van der Waals surface area contributed by atoms with Gasteiger partial charge in [0, 0.05) is 12.6 Å².